The van der Waals surface area contributed by atoms with Crippen LogP contribution in [0.25, 0.3) is 11.0 Å². The number of benzene rings is 2. The molecule has 0 bridgehead atoms. The molecule has 0 aliphatic rings. The van der Waals surface area contributed by atoms with Crippen molar-refractivity contribution in [2.75, 3.05) is 13.6 Å². The van der Waals surface area contributed by atoms with Gasteiger partial charge in [-0.05, 0) is 49.1 Å². The van der Waals surface area contributed by atoms with Crippen LogP contribution < -0.4 is 0 Å². The molecule has 0 saturated carbocycles. The van der Waals surface area contributed by atoms with E-state index >= 15 is 0 Å². The number of aromatic nitrogens is 2. The second-order valence-corrected chi connectivity index (χ2v) is 7.46. The van der Waals surface area contributed by atoms with Crippen LogP contribution in [0.15, 0.2) is 42.5 Å². The van der Waals surface area contributed by atoms with Crippen LogP contribution in [0.2, 0.25) is 0 Å². The van der Waals surface area contributed by atoms with Crippen molar-refractivity contribution in [2.24, 2.45) is 0 Å². The molecule has 1 atom stereocenters. The summed E-state index contributed by atoms with van der Waals surface area (Å²) in [6.45, 7) is 7.11. The molecule has 0 fully saturated rings. The first-order chi connectivity index (χ1) is 13.4. The first kappa shape index (κ1) is 20.1. The summed E-state index contributed by atoms with van der Waals surface area (Å²) < 4.78 is 1.87. The van der Waals surface area contributed by atoms with E-state index in [2.05, 4.69) is 19.9 Å². The first-order valence-corrected chi connectivity index (χ1v) is 9.86. The highest BCUT2D eigenvalue weighted by molar-refractivity contribution is 5.82. The fourth-order valence-corrected chi connectivity index (χ4v) is 3.33. The molecule has 148 valence electrons. The van der Waals surface area contributed by atoms with Crippen molar-refractivity contribution >= 4 is 16.9 Å². The van der Waals surface area contributed by atoms with Crippen molar-refractivity contribution in [3.8, 4) is 0 Å². The second kappa shape index (κ2) is 8.57. The smallest absolute Gasteiger partial charge is 0.242 e. The summed E-state index contributed by atoms with van der Waals surface area (Å²) in [4.78, 5) is 19.3. The van der Waals surface area contributed by atoms with Crippen LogP contribution in [-0.2, 0) is 11.3 Å². The molecule has 28 heavy (non-hydrogen) atoms. The van der Waals surface area contributed by atoms with Crippen LogP contribution >= 0.6 is 0 Å². The Labute approximate surface area is 166 Å². The third-order valence-electron chi connectivity index (χ3n) is 5.32. The zero-order valence-corrected chi connectivity index (χ0v) is 17.1. The van der Waals surface area contributed by atoms with Crippen molar-refractivity contribution in [3.63, 3.8) is 0 Å². The lowest BCUT2D eigenvalue weighted by Gasteiger charge is -2.19. The number of hydrogen-bond acceptors (Lipinski definition) is 3. The van der Waals surface area contributed by atoms with Crippen molar-refractivity contribution in [1.82, 2.24) is 14.5 Å². The molecule has 0 aliphatic heterocycles. The van der Waals surface area contributed by atoms with Gasteiger partial charge in [-0.2, -0.15) is 0 Å². The van der Waals surface area contributed by atoms with Gasteiger partial charge in [0.05, 0.1) is 11.0 Å². The maximum Gasteiger partial charge on any atom is 0.242 e. The minimum atomic E-state index is -0.886. The Morgan fingerprint density at radius 1 is 1.18 bits per heavy atom. The predicted molar refractivity (Wildman–Crippen MR) is 112 cm³/mol. The largest absolute Gasteiger partial charge is 0.380 e. The number of imidazole rings is 1. The third kappa shape index (κ3) is 4.09. The number of carbonyl (C=O) groups is 1. The maximum atomic E-state index is 12.8. The van der Waals surface area contributed by atoms with Gasteiger partial charge in [0.2, 0.25) is 5.91 Å². The number of aryl methyl sites for hydroxylation is 2. The highest BCUT2D eigenvalue weighted by Crippen LogP contribution is 2.27. The maximum absolute atomic E-state index is 12.8. The Hall–Kier alpha value is -2.66. The van der Waals surface area contributed by atoms with Gasteiger partial charge in [-0.3, -0.25) is 4.79 Å². The van der Waals surface area contributed by atoms with E-state index < -0.39 is 6.10 Å². The summed E-state index contributed by atoms with van der Waals surface area (Å²) in [5.74, 6) is 0.524. The Kier molecular flexibility index (Phi) is 6.15. The second-order valence-electron chi connectivity index (χ2n) is 7.46. The van der Waals surface area contributed by atoms with Crippen molar-refractivity contribution in [2.45, 2.75) is 46.3 Å². The van der Waals surface area contributed by atoms with Gasteiger partial charge in [-0.25, -0.2) is 4.98 Å². The topological polar surface area (TPSA) is 58.4 Å². The number of aliphatic hydroxyl groups is 1. The van der Waals surface area contributed by atoms with Gasteiger partial charge in [0, 0.05) is 13.6 Å². The molecule has 3 rings (SSSR count). The lowest BCUT2D eigenvalue weighted by atomic mass is 10.1. The van der Waals surface area contributed by atoms with Gasteiger partial charge in [0.1, 0.15) is 18.5 Å². The quantitative estimate of drug-likeness (QED) is 0.675. The number of unbranched alkanes of at least 4 members (excludes halogenated alkanes) is 1. The zero-order valence-electron chi connectivity index (χ0n) is 17.1. The van der Waals surface area contributed by atoms with Crippen molar-refractivity contribution in [1.29, 1.82) is 0 Å². The van der Waals surface area contributed by atoms with E-state index in [1.165, 1.54) is 0 Å². The van der Waals surface area contributed by atoms with Gasteiger partial charge in [0.15, 0.2) is 0 Å². The Morgan fingerprint density at radius 2 is 1.86 bits per heavy atom. The Balaban J connectivity index is 2.04. The van der Waals surface area contributed by atoms with Gasteiger partial charge < -0.3 is 14.6 Å². The van der Waals surface area contributed by atoms with Crippen LogP contribution in [0, 0.1) is 13.8 Å². The number of likely N-dealkylation sites (N-methyl/N-ethyl adjacent to an activating group) is 1. The summed E-state index contributed by atoms with van der Waals surface area (Å²) in [6, 6.07) is 13.5. The number of hydrogen-bond donors (Lipinski definition) is 1. The minimum absolute atomic E-state index is 0.0208. The predicted octanol–water partition coefficient (Wildman–Crippen LogP) is 3.99. The molecule has 1 heterocycles. The van der Waals surface area contributed by atoms with Crippen LogP contribution in [0.1, 0.15) is 48.4 Å². The summed E-state index contributed by atoms with van der Waals surface area (Å²) in [5.41, 5.74) is 4.73. The van der Waals surface area contributed by atoms with Crippen molar-refractivity contribution in [3.05, 3.63) is 65.0 Å². The number of rotatable bonds is 7. The van der Waals surface area contributed by atoms with E-state index in [1.807, 2.05) is 54.9 Å². The molecule has 0 aliphatic carbocycles. The van der Waals surface area contributed by atoms with Gasteiger partial charge in [-0.15, -0.1) is 0 Å². The lowest BCUT2D eigenvalue weighted by molar-refractivity contribution is -0.130. The fourth-order valence-electron chi connectivity index (χ4n) is 3.33. The van der Waals surface area contributed by atoms with E-state index in [0.717, 1.165) is 47.1 Å². The molecule has 1 amide bonds. The van der Waals surface area contributed by atoms with Gasteiger partial charge in [0.25, 0.3) is 0 Å². The van der Waals surface area contributed by atoms with E-state index in [1.54, 1.807) is 4.90 Å². The molecular weight excluding hydrogens is 350 g/mol. The van der Waals surface area contributed by atoms with Crippen molar-refractivity contribution < 1.29 is 9.90 Å². The van der Waals surface area contributed by atoms with Crippen LogP contribution in [0.4, 0.5) is 0 Å². The Bertz CT molecular complexity index is 963. The number of fused-ring (bicyclic) bond motifs is 1. The average molecular weight is 380 g/mol. The number of amides is 1. The number of carbonyl (C=O) groups excluding carboxylic acids is 1. The highest BCUT2D eigenvalue weighted by Gasteiger charge is 2.22. The van der Waals surface area contributed by atoms with Crippen LogP contribution in [0.3, 0.4) is 0 Å². The summed E-state index contributed by atoms with van der Waals surface area (Å²) in [6.07, 6.45) is 1.13. The molecule has 0 spiro atoms. The average Bonchev–Trinajstić information content (AvgIpc) is 3.03. The van der Waals surface area contributed by atoms with Gasteiger partial charge >= 0.3 is 0 Å². The van der Waals surface area contributed by atoms with E-state index in [9.17, 15) is 9.90 Å². The molecule has 3 aromatic rings. The molecule has 1 N–H and O–H groups in total. The third-order valence-corrected chi connectivity index (χ3v) is 5.32. The van der Waals surface area contributed by atoms with Crippen LogP contribution in [-0.4, -0.2) is 39.1 Å². The molecule has 0 saturated heterocycles. The van der Waals surface area contributed by atoms with E-state index in [4.69, 9.17) is 4.98 Å². The highest BCUT2D eigenvalue weighted by atomic mass is 16.3. The number of aliphatic hydroxyl groups excluding tert-OH is 1. The summed E-state index contributed by atoms with van der Waals surface area (Å²) >= 11 is 0. The molecule has 0 radical (unpaired) electrons. The normalized spacial score (nSPS) is 12.3. The summed E-state index contributed by atoms with van der Waals surface area (Å²) in [5, 5.41) is 11.0. The molecule has 1 unspecified atom stereocenters. The minimum Gasteiger partial charge on any atom is -0.380 e. The summed E-state index contributed by atoms with van der Waals surface area (Å²) in [7, 11) is 1.83. The monoisotopic (exact) mass is 379 g/mol. The van der Waals surface area contributed by atoms with E-state index in [-0.39, 0.29) is 12.5 Å². The zero-order chi connectivity index (χ0) is 20.3. The van der Waals surface area contributed by atoms with E-state index in [0.29, 0.717) is 5.82 Å². The fraction of sp³-hybridized carbons (Fsp3) is 0.391. The number of nitrogens with zero attached hydrogens (tertiary/aromatic N) is 3. The first-order valence-electron chi connectivity index (χ1n) is 9.86. The Morgan fingerprint density at radius 3 is 2.54 bits per heavy atom. The molecule has 2 aromatic carbocycles. The molecule has 1 aromatic heterocycles. The van der Waals surface area contributed by atoms with Crippen LogP contribution in [0.5, 0.6) is 0 Å². The lowest BCUT2D eigenvalue weighted by Crippen LogP contribution is -2.31. The van der Waals surface area contributed by atoms with Gasteiger partial charge in [-0.1, -0.05) is 43.7 Å². The molecular formula is C23H29N3O2. The SMILES string of the molecule is CCCCN(C)C(=O)Cn1c(C(O)c2ccccc2)nc2cc(C)c(C)cc21. The standard InChI is InChI=1S/C23H29N3O2/c1-5-6-12-25(4)21(27)15-26-20-14-17(3)16(2)13-19(20)24-23(26)22(28)18-10-8-7-9-11-18/h7-11,13-14,22,28H,5-6,12,15H2,1-4H3. The molecule has 5 heteroatoms. The molecule has 5 nitrogen and oxygen atoms in total.